The van der Waals surface area contributed by atoms with Crippen molar-refractivity contribution in [3.63, 3.8) is 0 Å². The molecule has 2 aromatic rings. The number of aromatic nitrogens is 2. The molecule has 0 saturated carbocycles. The largest absolute Gasteiger partial charge is 0.341 e. The minimum Gasteiger partial charge on any atom is -0.341 e. The molecule has 2 heterocycles. The molecule has 1 fully saturated rings. The van der Waals surface area contributed by atoms with Crippen LogP contribution in [0.25, 0.3) is 0 Å². The van der Waals surface area contributed by atoms with Crippen molar-refractivity contribution < 1.29 is 9.59 Å². The van der Waals surface area contributed by atoms with Gasteiger partial charge in [-0.15, -0.1) is 0 Å². The average molecular weight is 354 g/mol. The number of amides is 2. The molecule has 138 valence electrons. The summed E-state index contributed by atoms with van der Waals surface area (Å²) in [5.74, 6) is 0.0933. The van der Waals surface area contributed by atoms with Crippen molar-refractivity contribution in [2.24, 2.45) is 0 Å². The molecule has 0 atom stereocenters. The van der Waals surface area contributed by atoms with E-state index in [0.717, 1.165) is 24.1 Å². The van der Waals surface area contributed by atoms with Crippen LogP contribution >= 0.6 is 0 Å². The van der Waals surface area contributed by atoms with Crippen LogP contribution in [-0.4, -0.2) is 57.6 Å². The standard InChI is InChI=1S/C20H26N4O2/c1-3-19-18(14-21-24(19)15-17-8-5-4-6-9-17)20(26)23-11-7-10-22(12-13-23)16(2)25/h4-6,8-9,14H,3,7,10-13,15H2,1-2H3. The second-order valence-corrected chi connectivity index (χ2v) is 6.65. The number of carbonyl (C=O) groups excluding carboxylic acids is 2. The van der Waals surface area contributed by atoms with Crippen molar-refractivity contribution in [3.8, 4) is 0 Å². The first-order valence-corrected chi connectivity index (χ1v) is 9.23. The monoisotopic (exact) mass is 354 g/mol. The Balaban J connectivity index is 1.76. The van der Waals surface area contributed by atoms with Crippen LogP contribution in [0.15, 0.2) is 36.5 Å². The molecule has 0 bridgehead atoms. The highest BCUT2D eigenvalue weighted by Gasteiger charge is 2.24. The van der Waals surface area contributed by atoms with Crippen LogP contribution in [-0.2, 0) is 17.8 Å². The van der Waals surface area contributed by atoms with Crippen LogP contribution in [0.2, 0.25) is 0 Å². The van der Waals surface area contributed by atoms with Gasteiger partial charge in [0.05, 0.1) is 24.0 Å². The van der Waals surface area contributed by atoms with Crippen LogP contribution in [0, 0.1) is 0 Å². The molecule has 0 N–H and O–H groups in total. The summed E-state index contributed by atoms with van der Waals surface area (Å²) in [6, 6.07) is 10.1. The van der Waals surface area contributed by atoms with Gasteiger partial charge in [-0.3, -0.25) is 14.3 Å². The highest BCUT2D eigenvalue weighted by atomic mass is 16.2. The minimum atomic E-state index is 0.0200. The van der Waals surface area contributed by atoms with Gasteiger partial charge in [0.1, 0.15) is 0 Å². The predicted octanol–water partition coefficient (Wildman–Crippen LogP) is 2.19. The Morgan fingerprint density at radius 3 is 2.42 bits per heavy atom. The normalized spacial score (nSPS) is 15.0. The van der Waals surface area contributed by atoms with Gasteiger partial charge >= 0.3 is 0 Å². The molecule has 0 spiro atoms. The Labute approximate surface area is 154 Å². The molecular weight excluding hydrogens is 328 g/mol. The van der Waals surface area contributed by atoms with E-state index in [1.807, 2.05) is 32.7 Å². The fraction of sp³-hybridized carbons (Fsp3) is 0.450. The van der Waals surface area contributed by atoms with Crippen molar-refractivity contribution in [1.29, 1.82) is 0 Å². The number of benzene rings is 1. The fourth-order valence-corrected chi connectivity index (χ4v) is 3.46. The van der Waals surface area contributed by atoms with E-state index in [1.165, 1.54) is 0 Å². The Morgan fingerprint density at radius 1 is 1.04 bits per heavy atom. The zero-order valence-electron chi connectivity index (χ0n) is 15.5. The Morgan fingerprint density at radius 2 is 1.73 bits per heavy atom. The molecule has 6 heteroatoms. The molecule has 26 heavy (non-hydrogen) atoms. The molecule has 2 amide bonds. The third-order valence-electron chi connectivity index (χ3n) is 4.92. The van der Waals surface area contributed by atoms with Gasteiger partial charge in [-0.2, -0.15) is 5.10 Å². The fourth-order valence-electron chi connectivity index (χ4n) is 3.46. The molecule has 1 aromatic heterocycles. The summed E-state index contributed by atoms with van der Waals surface area (Å²) in [5.41, 5.74) is 2.81. The van der Waals surface area contributed by atoms with Crippen molar-refractivity contribution in [2.75, 3.05) is 26.2 Å². The van der Waals surface area contributed by atoms with Gasteiger partial charge < -0.3 is 9.80 Å². The van der Waals surface area contributed by atoms with Gasteiger partial charge in [0.25, 0.3) is 5.91 Å². The Hall–Kier alpha value is -2.63. The van der Waals surface area contributed by atoms with E-state index >= 15 is 0 Å². The maximum absolute atomic E-state index is 13.0. The molecule has 6 nitrogen and oxygen atoms in total. The molecule has 0 unspecified atom stereocenters. The van der Waals surface area contributed by atoms with Crippen LogP contribution in [0.3, 0.4) is 0 Å². The van der Waals surface area contributed by atoms with Gasteiger partial charge in [-0.1, -0.05) is 37.3 Å². The summed E-state index contributed by atoms with van der Waals surface area (Å²) >= 11 is 0. The van der Waals surface area contributed by atoms with Gasteiger partial charge in [-0.25, -0.2) is 0 Å². The highest BCUT2D eigenvalue weighted by Crippen LogP contribution is 2.16. The van der Waals surface area contributed by atoms with Crippen molar-refractivity contribution in [3.05, 3.63) is 53.3 Å². The summed E-state index contributed by atoms with van der Waals surface area (Å²) in [7, 11) is 0. The Bertz CT molecular complexity index is 769. The van der Waals surface area contributed by atoms with Gasteiger partial charge in [0, 0.05) is 33.1 Å². The van der Waals surface area contributed by atoms with Crippen molar-refractivity contribution in [2.45, 2.75) is 33.2 Å². The van der Waals surface area contributed by atoms with E-state index in [-0.39, 0.29) is 11.8 Å². The third-order valence-corrected chi connectivity index (χ3v) is 4.92. The van der Waals surface area contributed by atoms with E-state index < -0.39 is 0 Å². The quantitative estimate of drug-likeness (QED) is 0.846. The molecule has 1 aromatic carbocycles. The highest BCUT2D eigenvalue weighted by molar-refractivity contribution is 5.95. The first kappa shape index (κ1) is 18.2. The number of rotatable bonds is 4. The smallest absolute Gasteiger partial charge is 0.257 e. The average Bonchev–Trinajstić information content (AvgIpc) is 2.88. The van der Waals surface area contributed by atoms with Crippen molar-refractivity contribution >= 4 is 11.8 Å². The summed E-state index contributed by atoms with van der Waals surface area (Å²) in [6.45, 7) is 6.86. The zero-order valence-corrected chi connectivity index (χ0v) is 15.5. The van der Waals surface area contributed by atoms with E-state index in [4.69, 9.17) is 0 Å². The van der Waals surface area contributed by atoms with E-state index in [1.54, 1.807) is 13.1 Å². The molecule has 3 rings (SSSR count). The maximum Gasteiger partial charge on any atom is 0.257 e. The third kappa shape index (κ3) is 3.95. The first-order valence-electron chi connectivity index (χ1n) is 9.23. The molecule has 1 aliphatic heterocycles. The lowest BCUT2D eigenvalue weighted by molar-refractivity contribution is -0.128. The first-order chi connectivity index (χ1) is 12.6. The maximum atomic E-state index is 13.0. The number of nitrogens with zero attached hydrogens (tertiary/aromatic N) is 4. The number of hydrogen-bond donors (Lipinski definition) is 0. The zero-order chi connectivity index (χ0) is 18.5. The van der Waals surface area contributed by atoms with Crippen LogP contribution < -0.4 is 0 Å². The van der Waals surface area contributed by atoms with E-state index in [2.05, 4.69) is 24.2 Å². The molecule has 0 aliphatic carbocycles. The summed E-state index contributed by atoms with van der Waals surface area (Å²) in [4.78, 5) is 28.3. The van der Waals surface area contributed by atoms with Crippen LogP contribution in [0.4, 0.5) is 0 Å². The number of carbonyl (C=O) groups is 2. The molecule has 1 saturated heterocycles. The summed E-state index contributed by atoms with van der Waals surface area (Å²) < 4.78 is 1.92. The number of hydrogen-bond acceptors (Lipinski definition) is 3. The second kappa shape index (κ2) is 8.17. The van der Waals surface area contributed by atoms with E-state index in [9.17, 15) is 9.59 Å². The Kier molecular flexibility index (Phi) is 5.71. The SMILES string of the molecule is CCc1c(C(=O)N2CCCN(C(C)=O)CC2)cnn1Cc1ccccc1. The van der Waals surface area contributed by atoms with E-state index in [0.29, 0.717) is 38.3 Å². The van der Waals surface area contributed by atoms with Gasteiger partial charge in [0.2, 0.25) is 5.91 Å². The lowest BCUT2D eigenvalue weighted by atomic mass is 10.1. The van der Waals surface area contributed by atoms with Crippen molar-refractivity contribution in [1.82, 2.24) is 19.6 Å². The topological polar surface area (TPSA) is 58.4 Å². The van der Waals surface area contributed by atoms with Crippen LogP contribution in [0.1, 0.15) is 41.9 Å². The molecule has 1 aliphatic rings. The predicted molar refractivity (Wildman–Crippen MR) is 99.9 cm³/mol. The minimum absolute atomic E-state index is 0.0200. The summed E-state index contributed by atoms with van der Waals surface area (Å²) in [5, 5.41) is 4.47. The molecular formula is C20H26N4O2. The summed E-state index contributed by atoms with van der Waals surface area (Å²) in [6.07, 6.45) is 3.25. The van der Waals surface area contributed by atoms with Gasteiger partial charge in [-0.05, 0) is 18.4 Å². The lowest BCUT2D eigenvalue weighted by Gasteiger charge is -2.21. The lowest BCUT2D eigenvalue weighted by Crippen LogP contribution is -2.36. The molecule has 0 radical (unpaired) electrons. The van der Waals surface area contributed by atoms with Crippen LogP contribution in [0.5, 0.6) is 0 Å². The van der Waals surface area contributed by atoms with Gasteiger partial charge in [0.15, 0.2) is 0 Å². The second-order valence-electron chi connectivity index (χ2n) is 6.65.